The predicted octanol–water partition coefficient (Wildman–Crippen LogP) is 1.51. The van der Waals surface area contributed by atoms with E-state index in [1.54, 1.807) is 12.1 Å². The molecule has 3 aromatic rings. The van der Waals surface area contributed by atoms with E-state index in [2.05, 4.69) is 5.32 Å². The summed E-state index contributed by atoms with van der Waals surface area (Å²) in [5.41, 5.74) is 0.516. The average molecular weight is 503 g/mol. The smallest absolute Gasteiger partial charge is 0.241 e. The molecular formula is C24H26N2O8S. The maximum Gasteiger partial charge on any atom is 0.241 e. The first-order chi connectivity index (χ1) is 16.4. The zero-order valence-electron chi connectivity index (χ0n) is 18.5. The van der Waals surface area contributed by atoms with Gasteiger partial charge in [0, 0.05) is 17.5 Å². The summed E-state index contributed by atoms with van der Waals surface area (Å²) >= 11 is 0. The van der Waals surface area contributed by atoms with Gasteiger partial charge in [-0.15, -0.1) is 0 Å². The van der Waals surface area contributed by atoms with Gasteiger partial charge in [-0.3, -0.25) is 0 Å². The molecule has 2 unspecified atom stereocenters. The second-order valence-corrected chi connectivity index (χ2v) is 10.4. The minimum atomic E-state index is -4.24. The van der Waals surface area contributed by atoms with Gasteiger partial charge in [0.15, 0.2) is 23.0 Å². The fourth-order valence-corrected chi connectivity index (χ4v) is 5.53. The molecule has 3 aromatic carbocycles. The number of hydrogen-bond donors (Lipinski definition) is 8. The van der Waals surface area contributed by atoms with E-state index in [9.17, 15) is 39.1 Å². The van der Waals surface area contributed by atoms with E-state index in [0.29, 0.717) is 30.6 Å². The van der Waals surface area contributed by atoms with Crippen LogP contribution in [0.4, 0.5) is 0 Å². The normalized spacial score (nSPS) is 20.2. The lowest BCUT2D eigenvalue weighted by Gasteiger charge is -2.36. The molecular weight excluding hydrogens is 476 g/mol. The summed E-state index contributed by atoms with van der Waals surface area (Å²) in [4.78, 5) is -0.507. The van der Waals surface area contributed by atoms with Gasteiger partial charge in [-0.2, -0.15) is 0 Å². The molecule has 0 saturated carbocycles. The summed E-state index contributed by atoms with van der Waals surface area (Å²) in [6.07, 6.45) is 0.346. The number of hydrogen-bond acceptors (Lipinski definition) is 9. The Bertz CT molecular complexity index is 1390. The maximum absolute atomic E-state index is 11.9. The third-order valence-corrected chi connectivity index (χ3v) is 7.64. The molecule has 0 aromatic heterocycles. The van der Waals surface area contributed by atoms with Gasteiger partial charge in [-0.25, -0.2) is 13.6 Å². The van der Waals surface area contributed by atoms with E-state index in [-0.39, 0.29) is 46.6 Å². The summed E-state index contributed by atoms with van der Waals surface area (Å²) < 4.78 is 23.8. The third kappa shape index (κ3) is 4.53. The first kappa shape index (κ1) is 24.5. The van der Waals surface area contributed by atoms with Gasteiger partial charge in [-0.1, -0.05) is 12.1 Å². The van der Waals surface area contributed by atoms with Gasteiger partial charge in [0.05, 0.1) is 0 Å². The van der Waals surface area contributed by atoms with E-state index >= 15 is 0 Å². The fourth-order valence-electron chi connectivity index (χ4n) is 4.88. The SMILES string of the molecule is NS(=O)(=O)c1ccc(O)c(CC2CNCC2(Cc2ccc(O)c(O)c2)c2ccc(O)c(O)c2)c1O. The molecule has 1 heterocycles. The van der Waals surface area contributed by atoms with Crippen molar-refractivity contribution in [1.29, 1.82) is 0 Å². The van der Waals surface area contributed by atoms with Crippen molar-refractivity contribution in [1.82, 2.24) is 5.32 Å². The molecule has 1 fully saturated rings. The van der Waals surface area contributed by atoms with Crippen LogP contribution in [0.15, 0.2) is 53.4 Å². The highest BCUT2D eigenvalue weighted by atomic mass is 32.2. The Labute approximate surface area is 201 Å². The van der Waals surface area contributed by atoms with Crippen molar-refractivity contribution >= 4 is 10.0 Å². The van der Waals surface area contributed by atoms with Crippen molar-refractivity contribution in [3.05, 3.63) is 65.2 Å². The van der Waals surface area contributed by atoms with Crippen molar-refractivity contribution in [2.24, 2.45) is 11.1 Å². The number of primary sulfonamides is 1. The Balaban J connectivity index is 1.84. The summed E-state index contributed by atoms with van der Waals surface area (Å²) in [6.45, 7) is 0.796. The molecule has 9 N–H and O–H groups in total. The van der Waals surface area contributed by atoms with Crippen molar-refractivity contribution in [2.75, 3.05) is 13.1 Å². The van der Waals surface area contributed by atoms with Gasteiger partial charge in [0.1, 0.15) is 16.4 Å². The zero-order valence-corrected chi connectivity index (χ0v) is 19.3. The Morgan fingerprint density at radius 1 is 0.857 bits per heavy atom. The molecule has 1 aliphatic heterocycles. The second-order valence-electron chi connectivity index (χ2n) is 8.85. The average Bonchev–Trinajstić information content (AvgIpc) is 3.17. The highest BCUT2D eigenvalue weighted by molar-refractivity contribution is 7.89. The highest BCUT2D eigenvalue weighted by Gasteiger charge is 2.45. The number of sulfonamides is 1. The second kappa shape index (κ2) is 8.84. The Morgan fingerprint density at radius 3 is 2.11 bits per heavy atom. The molecule has 0 radical (unpaired) electrons. The first-order valence-electron chi connectivity index (χ1n) is 10.7. The van der Waals surface area contributed by atoms with Crippen molar-refractivity contribution < 1.29 is 39.1 Å². The van der Waals surface area contributed by atoms with Crippen LogP contribution in [0.25, 0.3) is 0 Å². The number of phenols is 6. The Morgan fingerprint density at radius 2 is 1.49 bits per heavy atom. The van der Waals surface area contributed by atoms with E-state index in [1.807, 2.05) is 0 Å². The van der Waals surface area contributed by atoms with E-state index in [4.69, 9.17) is 5.14 Å². The number of rotatable bonds is 6. The molecule has 1 aliphatic rings. The van der Waals surface area contributed by atoms with Gasteiger partial charge in [-0.05, 0) is 72.8 Å². The molecule has 10 nitrogen and oxygen atoms in total. The lowest BCUT2D eigenvalue weighted by Crippen LogP contribution is -2.38. The number of phenolic OH excluding ortho intramolecular Hbond substituents is 6. The molecule has 4 rings (SSSR count). The number of nitrogens with two attached hydrogens (primary N) is 1. The highest BCUT2D eigenvalue weighted by Crippen LogP contribution is 2.46. The number of benzene rings is 3. The van der Waals surface area contributed by atoms with Crippen LogP contribution in [0.5, 0.6) is 34.5 Å². The summed E-state index contributed by atoms with van der Waals surface area (Å²) in [5.74, 6) is -2.50. The summed E-state index contributed by atoms with van der Waals surface area (Å²) in [5, 5.41) is 69.4. The molecule has 0 aliphatic carbocycles. The number of nitrogens with one attached hydrogen (secondary N) is 1. The van der Waals surface area contributed by atoms with Gasteiger partial charge in [0.25, 0.3) is 0 Å². The predicted molar refractivity (Wildman–Crippen MR) is 126 cm³/mol. The van der Waals surface area contributed by atoms with Gasteiger partial charge < -0.3 is 36.0 Å². The molecule has 2 atom stereocenters. The molecule has 0 bridgehead atoms. The minimum absolute atomic E-state index is 0.00570. The Hall–Kier alpha value is -3.67. The topological polar surface area (TPSA) is 194 Å². The molecule has 1 saturated heterocycles. The largest absolute Gasteiger partial charge is 0.508 e. The van der Waals surface area contributed by atoms with E-state index in [1.165, 1.54) is 24.3 Å². The lowest BCUT2D eigenvalue weighted by molar-refractivity contribution is 0.323. The lowest BCUT2D eigenvalue weighted by atomic mass is 9.66. The minimum Gasteiger partial charge on any atom is -0.508 e. The third-order valence-electron chi connectivity index (χ3n) is 6.70. The summed E-state index contributed by atoms with van der Waals surface area (Å²) in [6, 6.07) is 11.0. The van der Waals surface area contributed by atoms with Crippen LogP contribution in [-0.2, 0) is 28.3 Å². The number of aromatic hydroxyl groups is 6. The van der Waals surface area contributed by atoms with Crippen LogP contribution < -0.4 is 10.5 Å². The van der Waals surface area contributed by atoms with Gasteiger partial charge >= 0.3 is 0 Å². The molecule has 186 valence electrons. The van der Waals surface area contributed by atoms with Crippen LogP contribution in [0.1, 0.15) is 16.7 Å². The van der Waals surface area contributed by atoms with Gasteiger partial charge in [0.2, 0.25) is 10.0 Å². The molecule has 35 heavy (non-hydrogen) atoms. The van der Waals surface area contributed by atoms with Crippen LogP contribution in [0, 0.1) is 5.92 Å². The molecule has 0 spiro atoms. The zero-order chi connectivity index (χ0) is 25.5. The maximum atomic E-state index is 11.9. The Kier molecular flexibility index (Phi) is 6.18. The van der Waals surface area contributed by atoms with Crippen LogP contribution in [-0.4, -0.2) is 52.1 Å². The molecule has 11 heteroatoms. The van der Waals surface area contributed by atoms with Crippen molar-refractivity contribution in [2.45, 2.75) is 23.2 Å². The molecule has 0 amide bonds. The van der Waals surface area contributed by atoms with E-state index in [0.717, 1.165) is 12.1 Å². The van der Waals surface area contributed by atoms with Crippen molar-refractivity contribution in [3.63, 3.8) is 0 Å². The summed E-state index contributed by atoms with van der Waals surface area (Å²) in [7, 11) is -4.24. The van der Waals surface area contributed by atoms with Crippen LogP contribution in [0.2, 0.25) is 0 Å². The van der Waals surface area contributed by atoms with Crippen LogP contribution in [0.3, 0.4) is 0 Å². The monoisotopic (exact) mass is 502 g/mol. The van der Waals surface area contributed by atoms with Crippen molar-refractivity contribution in [3.8, 4) is 34.5 Å². The first-order valence-corrected chi connectivity index (χ1v) is 12.3. The fraction of sp³-hybridized carbons (Fsp3) is 0.250. The van der Waals surface area contributed by atoms with Crippen LogP contribution >= 0.6 is 0 Å². The van der Waals surface area contributed by atoms with E-state index < -0.39 is 26.1 Å². The standard InChI is InChI=1S/C24H26N2O8S/c25-35(33,34)22-6-5-17(27)16(23(22)32)8-15-11-26-12-24(15,14-2-4-19(29)21(31)9-14)10-13-1-3-18(28)20(30)7-13/h1-7,9,15,26-32H,8,10-12H2,(H2,25,33,34). The quantitative estimate of drug-likeness (QED) is 0.231.